The van der Waals surface area contributed by atoms with Crippen molar-refractivity contribution in [3.8, 4) is 0 Å². The van der Waals surface area contributed by atoms with Gasteiger partial charge in [-0.1, -0.05) is 20.8 Å². The first-order valence-corrected chi connectivity index (χ1v) is 6.22. The van der Waals surface area contributed by atoms with E-state index in [0.29, 0.717) is 12.8 Å². The van der Waals surface area contributed by atoms with Gasteiger partial charge in [0.15, 0.2) is 0 Å². The lowest BCUT2D eigenvalue weighted by atomic mass is 9.86. The smallest absolute Gasteiger partial charge is 0.393 e. The molecule has 0 unspecified atom stereocenters. The normalized spacial score (nSPS) is 17.5. The van der Waals surface area contributed by atoms with Crippen molar-refractivity contribution in [1.82, 2.24) is 0 Å². The van der Waals surface area contributed by atoms with Crippen molar-refractivity contribution in [3.05, 3.63) is 0 Å². The number of aliphatic hydroxyl groups excluding tert-OH is 1. The summed E-state index contributed by atoms with van der Waals surface area (Å²) in [5, 5.41) is 9.10. The van der Waals surface area contributed by atoms with Crippen LogP contribution >= 0.6 is 0 Å². The first kappa shape index (κ1) is 14.8. The van der Waals surface area contributed by atoms with Crippen LogP contribution in [0.1, 0.15) is 40.5 Å². The van der Waals surface area contributed by atoms with Crippen LogP contribution in [0.25, 0.3) is 0 Å². The van der Waals surface area contributed by atoms with E-state index in [2.05, 4.69) is 4.18 Å². The second-order valence-electron chi connectivity index (χ2n) is 4.80. The fraction of sp³-hybridized carbons (Fsp3) is 1.00. The maximum atomic E-state index is 10.6. The lowest BCUT2D eigenvalue weighted by Crippen LogP contribution is -2.32. The van der Waals surface area contributed by atoms with Crippen molar-refractivity contribution in [3.63, 3.8) is 0 Å². The zero-order valence-electron chi connectivity index (χ0n) is 9.60. The van der Waals surface area contributed by atoms with E-state index < -0.39 is 28.0 Å². The summed E-state index contributed by atoms with van der Waals surface area (Å²) in [5.74, 6) is 0. The molecule has 6 heteroatoms. The maximum Gasteiger partial charge on any atom is 0.397 e. The van der Waals surface area contributed by atoms with Crippen LogP contribution in [0.15, 0.2) is 0 Å². The number of hydrogen-bond donors (Lipinski definition) is 2. The molecule has 2 atom stereocenters. The summed E-state index contributed by atoms with van der Waals surface area (Å²) in [6, 6.07) is 0. The van der Waals surface area contributed by atoms with Gasteiger partial charge >= 0.3 is 10.4 Å². The molecule has 0 heterocycles. The predicted molar refractivity (Wildman–Crippen MR) is 56.8 cm³/mol. The third kappa shape index (κ3) is 7.72. The van der Waals surface area contributed by atoms with Gasteiger partial charge in [0.1, 0.15) is 0 Å². The van der Waals surface area contributed by atoms with Crippen LogP contribution in [0.2, 0.25) is 0 Å². The van der Waals surface area contributed by atoms with Gasteiger partial charge in [0, 0.05) is 0 Å². The van der Waals surface area contributed by atoms with Crippen LogP contribution in [-0.4, -0.2) is 30.3 Å². The Morgan fingerprint density at radius 1 is 1.27 bits per heavy atom. The van der Waals surface area contributed by atoms with Gasteiger partial charge in [-0.05, 0) is 25.2 Å². The quantitative estimate of drug-likeness (QED) is 0.709. The van der Waals surface area contributed by atoms with Crippen LogP contribution in [0, 0.1) is 5.41 Å². The molecule has 0 fully saturated rings. The Morgan fingerprint density at radius 2 is 1.73 bits per heavy atom. The van der Waals surface area contributed by atoms with Gasteiger partial charge < -0.3 is 5.11 Å². The molecule has 15 heavy (non-hydrogen) atoms. The van der Waals surface area contributed by atoms with E-state index >= 15 is 0 Å². The van der Waals surface area contributed by atoms with Crippen molar-refractivity contribution < 1.29 is 22.3 Å². The molecule has 0 amide bonds. The second kappa shape index (κ2) is 5.25. The van der Waals surface area contributed by atoms with Crippen LogP contribution in [0.4, 0.5) is 0 Å². The minimum Gasteiger partial charge on any atom is -0.393 e. The lowest BCUT2D eigenvalue weighted by Gasteiger charge is -2.29. The molecule has 0 saturated heterocycles. The van der Waals surface area contributed by atoms with E-state index in [1.807, 2.05) is 20.8 Å². The number of aliphatic hydroxyl groups is 1. The van der Waals surface area contributed by atoms with Crippen molar-refractivity contribution >= 4 is 10.4 Å². The Kier molecular flexibility index (Phi) is 5.19. The van der Waals surface area contributed by atoms with E-state index in [9.17, 15) is 8.42 Å². The van der Waals surface area contributed by atoms with Crippen LogP contribution in [0.5, 0.6) is 0 Å². The fourth-order valence-corrected chi connectivity index (χ4v) is 1.84. The molecule has 92 valence electrons. The highest BCUT2D eigenvalue weighted by atomic mass is 32.3. The molecule has 0 saturated carbocycles. The molecule has 2 N–H and O–H groups in total. The van der Waals surface area contributed by atoms with Crippen molar-refractivity contribution in [1.29, 1.82) is 0 Å². The van der Waals surface area contributed by atoms with Crippen LogP contribution < -0.4 is 0 Å². The molecule has 0 spiro atoms. The van der Waals surface area contributed by atoms with E-state index in [1.165, 1.54) is 0 Å². The monoisotopic (exact) mass is 240 g/mol. The molecular formula is C9H20O5S. The summed E-state index contributed by atoms with van der Waals surface area (Å²) in [6.07, 6.45) is -0.347. The predicted octanol–water partition coefficient (Wildman–Crippen LogP) is 1.38. The summed E-state index contributed by atoms with van der Waals surface area (Å²) in [6.45, 7) is 7.05. The highest BCUT2D eigenvalue weighted by molar-refractivity contribution is 7.80. The Morgan fingerprint density at radius 3 is 2.00 bits per heavy atom. The van der Waals surface area contributed by atoms with Crippen LogP contribution in [-0.2, 0) is 14.6 Å². The topological polar surface area (TPSA) is 83.8 Å². The largest absolute Gasteiger partial charge is 0.397 e. The van der Waals surface area contributed by atoms with Gasteiger partial charge in [-0.25, -0.2) is 4.18 Å². The highest BCUT2D eigenvalue weighted by Crippen LogP contribution is 2.27. The molecule has 0 aliphatic carbocycles. The first-order valence-electron chi connectivity index (χ1n) is 4.86. The maximum absolute atomic E-state index is 10.6. The minimum atomic E-state index is -4.44. The Balaban J connectivity index is 4.47. The lowest BCUT2D eigenvalue weighted by molar-refractivity contribution is 0.0570. The Bertz CT molecular complexity index is 275. The van der Waals surface area contributed by atoms with Gasteiger partial charge in [0.2, 0.25) is 0 Å². The van der Waals surface area contributed by atoms with Gasteiger partial charge in [-0.2, -0.15) is 8.42 Å². The molecule has 0 aliphatic rings. The second-order valence-corrected chi connectivity index (χ2v) is 5.85. The zero-order valence-corrected chi connectivity index (χ0v) is 10.4. The summed E-state index contributed by atoms with van der Waals surface area (Å²) in [5.41, 5.74) is -0.412. The summed E-state index contributed by atoms with van der Waals surface area (Å²) in [4.78, 5) is 0. The van der Waals surface area contributed by atoms with Gasteiger partial charge in [-0.15, -0.1) is 0 Å². The molecular weight excluding hydrogens is 220 g/mol. The SMILES string of the molecule is C[C@@H](O)CC[C@H](OS(=O)(=O)O)C(C)(C)C. The fourth-order valence-electron chi connectivity index (χ4n) is 1.16. The third-order valence-electron chi connectivity index (χ3n) is 2.05. The minimum absolute atomic E-state index is 0.376. The molecule has 5 nitrogen and oxygen atoms in total. The van der Waals surface area contributed by atoms with E-state index in [1.54, 1.807) is 6.92 Å². The number of hydrogen-bond acceptors (Lipinski definition) is 4. The molecule has 0 bridgehead atoms. The van der Waals surface area contributed by atoms with E-state index in [0.717, 1.165) is 0 Å². The van der Waals surface area contributed by atoms with Gasteiger partial charge in [-0.3, -0.25) is 4.55 Å². The van der Waals surface area contributed by atoms with Crippen molar-refractivity contribution in [2.24, 2.45) is 5.41 Å². The van der Waals surface area contributed by atoms with Crippen molar-refractivity contribution in [2.75, 3.05) is 0 Å². The molecule has 0 aromatic rings. The molecule has 0 aromatic carbocycles. The van der Waals surface area contributed by atoms with Gasteiger partial charge in [0.25, 0.3) is 0 Å². The molecule has 0 aliphatic heterocycles. The highest BCUT2D eigenvalue weighted by Gasteiger charge is 2.29. The van der Waals surface area contributed by atoms with Crippen molar-refractivity contribution in [2.45, 2.75) is 52.7 Å². The van der Waals surface area contributed by atoms with Crippen LogP contribution in [0.3, 0.4) is 0 Å². The molecule has 0 rings (SSSR count). The average Bonchev–Trinajstić information content (AvgIpc) is 1.93. The summed E-state index contributed by atoms with van der Waals surface area (Å²) >= 11 is 0. The van der Waals surface area contributed by atoms with E-state index in [4.69, 9.17) is 9.66 Å². The Hall–Kier alpha value is -0.170. The molecule has 0 radical (unpaired) electrons. The molecule has 0 aromatic heterocycles. The average molecular weight is 240 g/mol. The first-order chi connectivity index (χ1) is 6.52. The third-order valence-corrected chi connectivity index (χ3v) is 2.53. The van der Waals surface area contributed by atoms with E-state index in [-0.39, 0.29) is 0 Å². The Labute approximate surface area is 91.4 Å². The van der Waals surface area contributed by atoms with Gasteiger partial charge in [0.05, 0.1) is 12.2 Å². The summed E-state index contributed by atoms with van der Waals surface area (Å²) in [7, 11) is -4.44. The zero-order chi connectivity index (χ0) is 12.3. The summed E-state index contributed by atoms with van der Waals surface area (Å²) < 4.78 is 34.4. The number of rotatable bonds is 5. The standard InChI is InChI=1S/C9H20O5S/c1-7(10)5-6-8(9(2,3)4)14-15(11,12)13/h7-8,10H,5-6H2,1-4H3,(H,11,12,13)/t7-,8+/m1/s1.